The SMILES string of the molecule is C=C(C#C/C=C/C#CCOC1CCCCO1)C[Si](C)(C)C. The zero-order chi connectivity index (χ0) is 15.6. The maximum atomic E-state index is 5.51. The van der Waals surface area contributed by atoms with Gasteiger partial charge < -0.3 is 9.47 Å². The molecule has 21 heavy (non-hydrogen) atoms. The molecular formula is C18H26O2Si. The van der Waals surface area contributed by atoms with Crippen LogP contribution in [-0.2, 0) is 9.47 Å². The van der Waals surface area contributed by atoms with Crippen molar-refractivity contribution < 1.29 is 9.47 Å². The minimum absolute atomic E-state index is 0.0679. The van der Waals surface area contributed by atoms with Gasteiger partial charge in [0.1, 0.15) is 6.61 Å². The Morgan fingerprint density at radius 2 is 2.05 bits per heavy atom. The molecule has 2 nitrogen and oxygen atoms in total. The van der Waals surface area contributed by atoms with Gasteiger partial charge in [0.25, 0.3) is 0 Å². The van der Waals surface area contributed by atoms with Crippen molar-refractivity contribution >= 4 is 8.07 Å². The molecule has 0 aromatic carbocycles. The van der Waals surface area contributed by atoms with Gasteiger partial charge >= 0.3 is 0 Å². The van der Waals surface area contributed by atoms with Crippen molar-refractivity contribution in [2.45, 2.75) is 51.2 Å². The number of hydrogen-bond acceptors (Lipinski definition) is 2. The number of rotatable bonds is 4. The molecule has 114 valence electrons. The van der Waals surface area contributed by atoms with E-state index in [1.54, 1.807) is 12.2 Å². The molecule has 0 aromatic heterocycles. The van der Waals surface area contributed by atoms with Crippen molar-refractivity contribution in [2.75, 3.05) is 13.2 Å². The molecule has 0 saturated carbocycles. The van der Waals surface area contributed by atoms with Crippen molar-refractivity contribution in [3.63, 3.8) is 0 Å². The summed E-state index contributed by atoms with van der Waals surface area (Å²) in [4.78, 5) is 0. The van der Waals surface area contributed by atoms with Crippen molar-refractivity contribution in [1.29, 1.82) is 0 Å². The highest BCUT2D eigenvalue weighted by Gasteiger charge is 2.13. The molecule has 0 radical (unpaired) electrons. The zero-order valence-electron chi connectivity index (χ0n) is 13.5. The van der Waals surface area contributed by atoms with Gasteiger partial charge in [-0.2, -0.15) is 0 Å². The third-order valence-electron chi connectivity index (χ3n) is 2.82. The largest absolute Gasteiger partial charge is 0.353 e. The number of hydrogen-bond donors (Lipinski definition) is 0. The van der Waals surface area contributed by atoms with Crippen LogP contribution in [0.15, 0.2) is 24.3 Å². The molecule has 0 aromatic rings. The van der Waals surface area contributed by atoms with Crippen LogP contribution in [0.25, 0.3) is 0 Å². The summed E-state index contributed by atoms with van der Waals surface area (Å²) in [5.74, 6) is 11.9. The molecule has 1 aliphatic rings. The third kappa shape index (κ3) is 10.2. The van der Waals surface area contributed by atoms with Crippen molar-refractivity contribution in [3.8, 4) is 23.7 Å². The molecule has 0 spiro atoms. The van der Waals surface area contributed by atoms with Crippen LogP contribution in [0.5, 0.6) is 0 Å². The minimum Gasteiger partial charge on any atom is -0.353 e. The fraction of sp³-hybridized carbons (Fsp3) is 0.556. The smallest absolute Gasteiger partial charge is 0.158 e. The van der Waals surface area contributed by atoms with E-state index in [2.05, 4.69) is 49.9 Å². The van der Waals surface area contributed by atoms with Gasteiger partial charge in [0.15, 0.2) is 6.29 Å². The second kappa shape index (κ2) is 9.63. The molecule has 1 rings (SSSR count). The van der Waals surface area contributed by atoms with Gasteiger partial charge in [-0.25, -0.2) is 0 Å². The summed E-state index contributed by atoms with van der Waals surface area (Å²) in [6.07, 6.45) is 6.73. The predicted octanol–water partition coefficient (Wildman–Crippen LogP) is 3.99. The molecule has 0 bridgehead atoms. The molecular weight excluding hydrogens is 276 g/mol. The Morgan fingerprint density at radius 3 is 2.71 bits per heavy atom. The molecule has 0 aliphatic carbocycles. The highest BCUT2D eigenvalue weighted by Crippen LogP contribution is 2.14. The first-order valence-electron chi connectivity index (χ1n) is 7.53. The summed E-state index contributed by atoms with van der Waals surface area (Å²) in [5.41, 5.74) is 1.02. The van der Waals surface area contributed by atoms with Crippen LogP contribution in [0.1, 0.15) is 19.3 Å². The number of ether oxygens (including phenoxy) is 2. The maximum Gasteiger partial charge on any atom is 0.158 e. The van der Waals surface area contributed by atoms with E-state index in [1.165, 1.54) is 6.42 Å². The molecule has 0 amide bonds. The van der Waals surface area contributed by atoms with Crippen LogP contribution in [0.2, 0.25) is 25.7 Å². The average Bonchev–Trinajstić information content (AvgIpc) is 2.41. The zero-order valence-corrected chi connectivity index (χ0v) is 14.5. The lowest BCUT2D eigenvalue weighted by atomic mass is 10.2. The Kier molecular flexibility index (Phi) is 8.16. The Hall–Kier alpha value is -1.26. The molecule has 1 unspecified atom stereocenters. The van der Waals surface area contributed by atoms with Gasteiger partial charge in [0, 0.05) is 14.7 Å². The first-order valence-corrected chi connectivity index (χ1v) is 11.2. The summed E-state index contributed by atoms with van der Waals surface area (Å²) < 4.78 is 11.0. The van der Waals surface area contributed by atoms with Gasteiger partial charge in [-0.3, -0.25) is 0 Å². The summed E-state index contributed by atoms with van der Waals surface area (Å²) in [6.45, 7) is 12.2. The van der Waals surface area contributed by atoms with Crippen molar-refractivity contribution in [3.05, 3.63) is 24.3 Å². The first-order chi connectivity index (χ1) is 9.97. The van der Waals surface area contributed by atoms with Gasteiger partial charge in [-0.15, -0.1) is 0 Å². The van der Waals surface area contributed by atoms with Crippen LogP contribution in [-0.4, -0.2) is 27.6 Å². The number of allylic oxidation sites excluding steroid dienone is 3. The summed E-state index contributed by atoms with van der Waals surface area (Å²) >= 11 is 0. The van der Waals surface area contributed by atoms with E-state index < -0.39 is 8.07 Å². The highest BCUT2D eigenvalue weighted by molar-refractivity contribution is 6.76. The molecule has 1 fully saturated rings. The Balaban J connectivity index is 2.20. The lowest BCUT2D eigenvalue weighted by Crippen LogP contribution is -2.22. The minimum atomic E-state index is -1.11. The van der Waals surface area contributed by atoms with E-state index in [0.717, 1.165) is 31.1 Å². The van der Waals surface area contributed by atoms with Crippen molar-refractivity contribution in [1.82, 2.24) is 0 Å². The Bertz CT molecular complexity index is 471. The van der Waals surface area contributed by atoms with Crippen LogP contribution in [0.4, 0.5) is 0 Å². The van der Waals surface area contributed by atoms with Gasteiger partial charge in [0.05, 0.1) is 0 Å². The van der Waals surface area contributed by atoms with Gasteiger partial charge in [0.2, 0.25) is 0 Å². The topological polar surface area (TPSA) is 18.5 Å². The van der Waals surface area contributed by atoms with Crippen molar-refractivity contribution in [2.24, 2.45) is 0 Å². The van der Waals surface area contributed by atoms with E-state index in [4.69, 9.17) is 9.47 Å². The molecule has 1 atom stereocenters. The highest BCUT2D eigenvalue weighted by atomic mass is 28.3. The first kappa shape index (κ1) is 17.8. The van der Waals surface area contributed by atoms with E-state index in [1.807, 2.05) is 0 Å². The van der Waals surface area contributed by atoms with Gasteiger partial charge in [-0.1, -0.05) is 49.9 Å². The quantitative estimate of drug-likeness (QED) is 0.577. The summed E-state index contributed by atoms with van der Waals surface area (Å²) in [6, 6.07) is 1.05. The predicted molar refractivity (Wildman–Crippen MR) is 91.5 cm³/mol. The summed E-state index contributed by atoms with van der Waals surface area (Å²) in [5, 5.41) is 0. The van der Waals surface area contributed by atoms with E-state index in [9.17, 15) is 0 Å². The average molecular weight is 302 g/mol. The molecule has 1 aliphatic heterocycles. The second-order valence-corrected chi connectivity index (χ2v) is 11.8. The fourth-order valence-corrected chi connectivity index (χ4v) is 3.36. The lowest BCUT2D eigenvalue weighted by molar-refractivity contribution is -0.154. The molecule has 3 heteroatoms. The van der Waals surface area contributed by atoms with Crippen LogP contribution >= 0.6 is 0 Å². The third-order valence-corrected chi connectivity index (χ3v) is 4.31. The Morgan fingerprint density at radius 1 is 1.29 bits per heavy atom. The normalized spacial score (nSPS) is 18.5. The van der Waals surface area contributed by atoms with E-state index in [-0.39, 0.29) is 6.29 Å². The maximum absolute atomic E-state index is 5.51. The van der Waals surface area contributed by atoms with E-state index in [0.29, 0.717) is 6.61 Å². The molecule has 1 heterocycles. The van der Waals surface area contributed by atoms with Gasteiger partial charge in [-0.05, 0) is 43.0 Å². The van der Waals surface area contributed by atoms with Crippen LogP contribution in [0, 0.1) is 23.7 Å². The standard InChI is InChI=1S/C18H26O2Si/c1-17(16-21(2,3)4)12-8-6-5-7-10-14-19-18-13-9-11-15-20-18/h5-6,18H,1,9,11,13-16H2,2-4H3/b6-5+. The summed E-state index contributed by atoms with van der Waals surface area (Å²) in [7, 11) is -1.11. The lowest BCUT2D eigenvalue weighted by Gasteiger charge is -2.21. The van der Waals surface area contributed by atoms with E-state index >= 15 is 0 Å². The Labute approximate surface area is 130 Å². The van der Waals surface area contributed by atoms with Crippen LogP contribution < -0.4 is 0 Å². The molecule has 0 N–H and O–H groups in total. The fourth-order valence-electron chi connectivity index (χ4n) is 1.99. The second-order valence-electron chi connectivity index (χ2n) is 6.37. The van der Waals surface area contributed by atoms with Crippen LogP contribution in [0.3, 0.4) is 0 Å². The molecule has 1 saturated heterocycles. The monoisotopic (exact) mass is 302 g/mol.